The number of nitrogens with one attached hydrogen (secondary N) is 1. The molecule has 13 heteroatoms. The summed E-state index contributed by atoms with van der Waals surface area (Å²) in [5.74, 6) is -2.28. The van der Waals surface area contributed by atoms with Gasteiger partial charge in [-0.2, -0.15) is 5.10 Å². The molecule has 3 aromatic rings. The lowest BCUT2D eigenvalue weighted by atomic mass is 10.0. The van der Waals surface area contributed by atoms with Crippen molar-refractivity contribution in [1.82, 2.24) is 20.0 Å². The van der Waals surface area contributed by atoms with Crippen molar-refractivity contribution in [3.8, 4) is 5.69 Å². The largest absolute Gasteiger partial charge is 0.477 e. The molecule has 4 heterocycles. The Balaban J connectivity index is 1.37. The molecule has 0 bridgehead atoms. The summed E-state index contributed by atoms with van der Waals surface area (Å²) in [6, 6.07) is 13.2. The highest BCUT2D eigenvalue weighted by atomic mass is 32.2. The van der Waals surface area contributed by atoms with Crippen LogP contribution in [0.5, 0.6) is 0 Å². The Morgan fingerprint density at radius 1 is 1.20 bits per heavy atom. The van der Waals surface area contributed by atoms with Gasteiger partial charge < -0.3 is 20.0 Å². The highest BCUT2D eigenvalue weighted by Gasteiger charge is 2.54. The van der Waals surface area contributed by atoms with E-state index in [2.05, 4.69) is 15.6 Å². The molecule has 2 aromatic heterocycles. The fourth-order valence-corrected chi connectivity index (χ4v) is 6.29. The number of oxime groups is 1. The average molecular weight is 512 g/mol. The zero-order valence-electron chi connectivity index (χ0n) is 17.8. The monoisotopic (exact) mass is 511 g/mol. The number of carbonyl (C=O) groups is 3. The molecule has 1 aromatic carbocycles. The third kappa shape index (κ3) is 4.08. The number of carbonyl (C=O) groups excluding carboxylic acids is 2. The number of nitrogens with zero attached hydrogens (tertiary/aromatic N) is 4. The maximum absolute atomic E-state index is 12.9. The highest BCUT2D eigenvalue weighted by Crippen LogP contribution is 2.45. The summed E-state index contributed by atoms with van der Waals surface area (Å²) >= 11 is 2.55. The third-order valence-electron chi connectivity index (χ3n) is 5.33. The van der Waals surface area contributed by atoms with E-state index in [1.807, 2.05) is 30.3 Å². The number of β-lactam (4-membered cyclic amide) rings is 1. The normalized spacial score (nSPS) is 19.8. The summed E-state index contributed by atoms with van der Waals surface area (Å²) in [6.07, 6.45) is 2.93. The molecule has 3 N–H and O–H groups in total. The van der Waals surface area contributed by atoms with Crippen molar-refractivity contribution in [2.45, 2.75) is 16.4 Å². The molecule has 0 radical (unpaired) electrons. The van der Waals surface area contributed by atoms with Crippen LogP contribution in [0, 0.1) is 0 Å². The minimum absolute atomic E-state index is 0.0322. The predicted molar refractivity (Wildman–Crippen MR) is 126 cm³/mol. The molecule has 178 valence electrons. The number of thioether (sulfide) groups is 2. The van der Waals surface area contributed by atoms with Gasteiger partial charge in [0.05, 0.1) is 18.1 Å². The van der Waals surface area contributed by atoms with Crippen molar-refractivity contribution in [1.29, 1.82) is 0 Å². The molecule has 2 atom stereocenters. The van der Waals surface area contributed by atoms with Gasteiger partial charge in [0, 0.05) is 10.7 Å². The number of fused-ring (bicyclic) bond motifs is 1. The Labute approximate surface area is 206 Å². The summed E-state index contributed by atoms with van der Waals surface area (Å²) in [6.45, 7) is 0. The SMILES string of the molecule is O=C(O)C1=C(Sc2ccnn2-c2ccccc2)CS[C@H]2[C@H](NC(=O)C(=NO)c3ccco3)C(=O)N12. The summed E-state index contributed by atoms with van der Waals surface area (Å²) in [7, 11) is 0. The van der Waals surface area contributed by atoms with Gasteiger partial charge in [-0.1, -0.05) is 35.1 Å². The van der Waals surface area contributed by atoms with Crippen LogP contribution in [0.25, 0.3) is 5.69 Å². The molecule has 0 unspecified atom stereocenters. The zero-order valence-corrected chi connectivity index (χ0v) is 19.4. The minimum Gasteiger partial charge on any atom is -0.477 e. The van der Waals surface area contributed by atoms with E-state index in [1.165, 1.54) is 46.8 Å². The number of hydrogen-bond acceptors (Lipinski definition) is 9. The molecule has 35 heavy (non-hydrogen) atoms. The molecule has 0 spiro atoms. The van der Waals surface area contributed by atoms with E-state index in [9.17, 15) is 24.7 Å². The van der Waals surface area contributed by atoms with Gasteiger partial charge in [0.15, 0.2) is 5.76 Å². The van der Waals surface area contributed by atoms with E-state index in [1.54, 1.807) is 16.9 Å². The Kier molecular flexibility index (Phi) is 6.09. The summed E-state index contributed by atoms with van der Waals surface area (Å²) in [5.41, 5.74) is 0.304. The number of furan rings is 1. The van der Waals surface area contributed by atoms with E-state index in [-0.39, 0.29) is 17.2 Å². The number of amides is 2. The smallest absolute Gasteiger partial charge is 0.353 e. The van der Waals surface area contributed by atoms with Crippen LogP contribution in [0.4, 0.5) is 0 Å². The Morgan fingerprint density at radius 3 is 2.69 bits per heavy atom. The van der Waals surface area contributed by atoms with Crippen molar-refractivity contribution in [3.63, 3.8) is 0 Å². The molecule has 1 saturated heterocycles. The number of para-hydroxylation sites is 1. The van der Waals surface area contributed by atoms with Gasteiger partial charge >= 0.3 is 5.97 Å². The van der Waals surface area contributed by atoms with Gasteiger partial charge in [0.2, 0.25) is 5.71 Å². The number of carboxylic acids is 1. The highest BCUT2D eigenvalue weighted by molar-refractivity contribution is 8.06. The lowest BCUT2D eigenvalue weighted by molar-refractivity contribution is -0.150. The van der Waals surface area contributed by atoms with Crippen LogP contribution in [0.2, 0.25) is 0 Å². The first-order valence-corrected chi connectivity index (χ1v) is 12.1. The average Bonchev–Trinajstić information content (AvgIpc) is 3.56. The maximum atomic E-state index is 12.9. The van der Waals surface area contributed by atoms with Gasteiger partial charge in [0.25, 0.3) is 11.8 Å². The van der Waals surface area contributed by atoms with Crippen LogP contribution in [0.3, 0.4) is 0 Å². The Bertz CT molecular complexity index is 1350. The number of aliphatic carboxylic acids is 1. The molecular formula is C22H17N5O6S2. The topological polar surface area (TPSA) is 150 Å². The van der Waals surface area contributed by atoms with Gasteiger partial charge in [0.1, 0.15) is 22.1 Å². The third-order valence-corrected chi connectivity index (χ3v) is 7.89. The van der Waals surface area contributed by atoms with E-state index in [4.69, 9.17) is 4.42 Å². The second-order valence-electron chi connectivity index (χ2n) is 7.38. The maximum Gasteiger partial charge on any atom is 0.353 e. The number of hydrogen-bond donors (Lipinski definition) is 3. The lowest BCUT2D eigenvalue weighted by Crippen LogP contribution is -2.71. The summed E-state index contributed by atoms with van der Waals surface area (Å²) in [5, 5.41) is 29.0. The van der Waals surface area contributed by atoms with Gasteiger partial charge in [-0.3, -0.25) is 14.5 Å². The van der Waals surface area contributed by atoms with Crippen molar-refractivity contribution < 1.29 is 29.1 Å². The fraction of sp³-hybridized carbons (Fsp3) is 0.136. The van der Waals surface area contributed by atoms with E-state index >= 15 is 0 Å². The minimum atomic E-state index is -1.24. The molecule has 1 fully saturated rings. The number of rotatable bonds is 7. The first-order chi connectivity index (χ1) is 17.0. The molecule has 0 saturated carbocycles. The van der Waals surface area contributed by atoms with Crippen LogP contribution in [-0.4, -0.2) is 65.7 Å². The van der Waals surface area contributed by atoms with Crippen molar-refractivity contribution in [2.24, 2.45) is 5.16 Å². The molecule has 2 aliphatic rings. The second-order valence-corrected chi connectivity index (χ2v) is 9.60. The van der Waals surface area contributed by atoms with Crippen molar-refractivity contribution in [2.75, 3.05) is 5.75 Å². The standard InChI is InChI=1S/C22H17N5O6S2/c28-19(16(25-32)13-7-4-10-33-13)24-17-20(29)26-18(22(30)31)14(11-34-21(17)26)35-15-8-9-23-27(15)12-5-2-1-3-6-12/h1-10,17,21,32H,11H2,(H,24,28)(H,30,31)/t17-,21+/m1/s1. The zero-order chi connectivity index (χ0) is 24.5. The summed E-state index contributed by atoms with van der Waals surface area (Å²) in [4.78, 5) is 39.3. The van der Waals surface area contributed by atoms with Crippen LogP contribution in [0.1, 0.15) is 5.76 Å². The Morgan fingerprint density at radius 2 is 2.00 bits per heavy atom. The lowest BCUT2D eigenvalue weighted by Gasteiger charge is -2.49. The first kappa shape index (κ1) is 22.8. The van der Waals surface area contributed by atoms with Gasteiger partial charge in [-0.15, -0.1) is 11.8 Å². The number of carboxylic acid groups (broad SMARTS) is 1. The van der Waals surface area contributed by atoms with Crippen LogP contribution in [0.15, 0.2) is 86.2 Å². The summed E-state index contributed by atoms with van der Waals surface area (Å²) < 4.78 is 6.77. The molecule has 11 nitrogen and oxygen atoms in total. The van der Waals surface area contributed by atoms with E-state index < -0.39 is 29.2 Å². The van der Waals surface area contributed by atoms with Crippen LogP contribution < -0.4 is 5.32 Å². The second kappa shape index (κ2) is 9.35. The van der Waals surface area contributed by atoms with Crippen LogP contribution >= 0.6 is 23.5 Å². The molecular weight excluding hydrogens is 494 g/mol. The number of aromatic nitrogens is 2. The number of benzene rings is 1. The van der Waals surface area contributed by atoms with Gasteiger partial charge in [-0.25, -0.2) is 9.48 Å². The van der Waals surface area contributed by atoms with Crippen molar-refractivity contribution >= 4 is 47.0 Å². The van der Waals surface area contributed by atoms with Crippen molar-refractivity contribution in [3.05, 3.63) is 77.4 Å². The first-order valence-electron chi connectivity index (χ1n) is 10.2. The molecule has 5 rings (SSSR count). The fourth-order valence-electron chi connectivity index (χ4n) is 3.76. The molecule has 2 amide bonds. The van der Waals surface area contributed by atoms with E-state index in [0.717, 1.165) is 5.69 Å². The Hall–Kier alpha value is -3.97. The molecule has 2 aliphatic heterocycles. The van der Waals surface area contributed by atoms with Crippen LogP contribution in [-0.2, 0) is 14.4 Å². The quantitative estimate of drug-likeness (QED) is 0.188. The van der Waals surface area contributed by atoms with E-state index in [0.29, 0.717) is 15.7 Å². The predicted octanol–water partition coefficient (Wildman–Crippen LogP) is 2.13. The van der Waals surface area contributed by atoms with Gasteiger partial charge in [-0.05, 0) is 30.3 Å². The molecule has 0 aliphatic carbocycles.